The lowest BCUT2D eigenvalue weighted by Gasteiger charge is -2.51. The number of benzene rings is 2. The number of aromatic nitrogens is 1. The number of hydrogen-bond acceptors (Lipinski definition) is 3. The van der Waals surface area contributed by atoms with E-state index in [4.69, 9.17) is 0 Å². The van der Waals surface area contributed by atoms with E-state index in [1.165, 1.54) is 5.56 Å². The summed E-state index contributed by atoms with van der Waals surface area (Å²) in [4.78, 5) is 20.0. The Labute approximate surface area is 197 Å². The number of anilines is 1. The number of halogens is 1. The lowest BCUT2D eigenvalue weighted by molar-refractivity contribution is 0.0184. The van der Waals surface area contributed by atoms with Crippen molar-refractivity contribution >= 4 is 27.6 Å². The summed E-state index contributed by atoms with van der Waals surface area (Å²) < 4.78 is 1.01. The molecule has 2 unspecified atom stereocenters. The maximum Gasteiger partial charge on any atom is 0.319 e. The van der Waals surface area contributed by atoms with Crippen molar-refractivity contribution in [2.75, 3.05) is 18.4 Å². The number of carbonyl (C=O) groups is 1. The average molecular weight is 491 g/mol. The zero-order valence-corrected chi connectivity index (χ0v) is 19.5. The number of piperidine rings is 3. The molecule has 4 heterocycles. The topological polar surface area (TPSA) is 57.3 Å². The summed E-state index contributed by atoms with van der Waals surface area (Å²) in [6, 6.07) is 20.5. The Balaban J connectivity index is 1.33. The molecule has 3 aromatic rings. The van der Waals surface area contributed by atoms with Crippen molar-refractivity contribution < 1.29 is 4.79 Å². The smallest absolute Gasteiger partial charge is 0.319 e. The quantitative estimate of drug-likeness (QED) is 0.507. The molecule has 1 aromatic heterocycles. The van der Waals surface area contributed by atoms with Gasteiger partial charge in [-0.1, -0.05) is 52.3 Å². The summed E-state index contributed by atoms with van der Waals surface area (Å²) in [5.74, 6) is 0.521. The lowest BCUT2D eigenvalue weighted by Crippen LogP contribution is -2.64. The van der Waals surface area contributed by atoms with Gasteiger partial charge in [0.1, 0.15) is 0 Å². The number of pyridine rings is 1. The SMILES string of the molecule is O=C(Nc1ccccc1-c1cccc(Br)c1)NC1C2CCN(CC2)C1Cc1cccnc1. The number of hydrogen-bond donors (Lipinski definition) is 2. The van der Waals surface area contributed by atoms with Crippen LogP contribution in [-0.2, 0) is 6.42 Å². The van der Waals surface area contributed by atoms with E-state index in [1.807, 2.05) is 54.9 Å². The monoisotopic (exact) mass is 490 g/mol. The van der Waals surface area contributed by atoms with Gasteiger partial charge in [0.05, 0.1) is 5.69 Å². The number of para-hydroxylation sites is 1. The van der Waals surface area contributed by atoms with Crippen molar-refractivity contribution in [1.82, 2.24) is 15.2 Å². The first kappa shape index (κ1) is 21.2. The molecule has 3 aliphatic heterocycles. The maximum atomic E-state index is 13.1. The van der Waals surface area contributed by atoms with Gasteiger partial charge in [0.2, 0.25) is 0 Å². The second-order valence-electron chi connectivity index (χ2n) is 8.69. The molecule has 2 N–H and O–H groups in total. The first-order valence-corrected chi connectivity index (χ1v) is 12.0. The molecule has 0 spiro atoms. The van der Waals surface area contributed by atoms with Crippen molar-refractivity contribution in [2.24, 2.45) is 5.92 Å². The van der Waals surface area contributed by atoms with Gasteiger partial charge in [0.25, 0.3) is 0 Å². The first-order valence-electron chi connectivity index (χ1n) is 11.2. The van der Waals surface area contributed by atoms with Gasteiger partial charge < -0.3 is 10.6 Å². The molecule has 2 aromatic carbocycles. The lowest BCUT2D eigenvalue weighted by atomic mass is 9.77. The minimum Gasteiger partial charge on any atom is -0.333 e. The van der Waals surface area contributed by atoms with Crippen molar-refractivity contribution in [2.45, 2.75) is 31.3 Å². The van der Waals surface area contributed by atoms with Crippen LogP contribution in [0.2, 0.25) is 0 Å². The van der Waals surface area contributed by atoms with E-state index >= 15 is 0 Å². The predicted octanol–water partition coefficient (Wildman–Crippen LogP) is 5.34. The normalized spacial score (nSPS) is 24.2. The van der Waals surface area contributed by atoms with Crippen molar-refractivity contribution in [3.05, 3.63) is 83.1 Å². The van der Waals surface area contributed by atoms with Crippen LogP contribution in [0, 0.1) is 5.92 Å². The predicted molar refractivity (Wildman–Crippen MR) is 132 cm³/mol. The molecule has 0 saturated carbocycles. The Morgan fingerprint density at radius 2 is 1.91 bits per heavy atom. The van der Waals surface area contributed by atoms with Gasteiger partial charge in [0.15, 0.2) is 0 Å². The van der Waals surface area contributed by atoms with Crippen molar-refractivity contribution in [3.63, 3.8) is 0 Å². The fourth-order valence-electron chi connectivity index (χ4n) is 5.19. The molecule has 0 aliphatic carbocycles. The minimum absolute atomic E-state index is 0.135. The number of carbonyl (C=O) groups excluding carboxylic acids is 1. The van der Waals surface area contributed by atoms with E-state index in [0.29, 0.717) is 12.0 Å². The Kier molecular flexibility index (Phi) is 6.23. The van der Waals surface area contributed by atoms with E-state index in [9.17, 15) is 4.79 Å². The summed E-state index contributed by atoms with van der Waals surface area (Å²) in [6.07, 6.45) is 6.94. The van der Waals surface area contributed by atoms with Crippen LogP contribution in [-0.4, -0.2) is 41.1 Å². The van der Waals surface area contributed by atoms with Crippen molar-refractivity contribution in [3.8, 4) is 11.1 Å². The molecule has 6 rings (SSSR count). The molecule has 3 fully saturated rings. The number of nitrogens with zero attached hydrogens (tertiary/aromatic N) is 2. The zero-order valence-electron chi connectivity index (χ0n) is 17.9. The fourth-order valence-corrected chi connectivity index (χ4v) is 5.59. The van der Waals surface area contributed by atoms with Crippen LogP contribution < -0.4 is 10.6 Å². The zero-order chi connectivity index (χ0) is 21.9. The van der Waals surface area contributed by atoms with E-state index < -0.39 is 0 Å². The standard InChI is InChI=1S/C26H27BrN4O/c27-21-7-3-6-20(16-21)22-8-1-2-9-23(22)29-26(32)30-25-19-10-13-31(14-11-19)24(25)15-18-5-4-12-28-17-18/h1-9,12,16-17,19,24-25H,10-11,13-15H2,(H2,29,30,32). The Hall–Kier alpha value is -2.70. The molecular formula is C26H27BrN4O. The number of rotatable bonds is 5. The van der Waals surface area contributed by atoms with Crippen LogP contribution in [0.25, 0.3) is 11.1 Å². The third-order valence-corrected chi connectivity index (χ3v) is 7.24. The summed E-state index contributed by atoms with van der Waals surface area (Å²) in [5, 5.41) is 6.46. The van der Waals surface area contributed by atoms with E-state index in [-0.39, 0.29) is 12.1 Å². The number of nitrogens with one attached hydrogen (secondary N) is 2. The molecular weight excluding hydrogens is 464 g/mol. The Bertz CT molecular complexity index is 1080. The van der Waals surface area contributed by atoms with Crippen LogP contribution in [0.5, 0.6) is 0 Å². The molecule has 6 heteroatoms. The maximum absolute atomic E-state index is 13.1. The minimum atomic E-state index is -0.137. The third kappa shape index (κ3) is 4.57. The number of fused-ring (bicyclic) bond motifs is 3. The van der Waals surface area contributed by atoms with E-state index in [2.05, 4.69) is 54.6 Å². The van der Waals surface area contributed by atoms with Crippen LogP contribution in [0.3, 0.4) is 0 Å². The highest BCUT2D eigenvalue weighted by atomic mass is 79.9. The van der Waals surface area contributed by atoms with Crippen LogP contribution >= 0.6 is 15.9 Å². The van der Waals surface area contributed by atoms with Crippen LogP contribution in [0.4, 0.5) is 10.5 Å². The van der Waals surface area contributed by atoms with Crippen molar-refractivity contribution in [1.29, 1.82) is 0 Å². The van der Waals surface area contributed by atoms with E-state index in [0.717, 1.165) is 53.6 Å². The molecule has 2 bridgehead atoms. The van der Waals surface area contributed by atoms with E-state index in [1.54, 1.807) is 0 Å². The van der Waals surface area contributed by atoms with Gasteiger partial charge in [-0.2, -0.15) is 0 Å². The number of urea groups is 1. The summed E-state index contributed by atoms with van der Waals surface area (Å²) in [5.41, 5.74) is 4.10. The molecule has 5 nitrogen and oxygen atoms in total. The van der Waals surface area contributed by atoms with Gasteiger partial charge in [0, 0.05) is 34.5 Å². The molecule has 0 radical (unpaired) electrons. The third-order valence-electron chi connectivity index (χ3n) is 6.74. The first-order chi connectivity index (χ1) is 15.7. The number of amides is 2. The second kappa shape index (κ2) is 9.43. The summed E-state index contributed by atoms with van der Waals surface area (Å²) >= 11 is 3.54. The molecule has 32 heavy (non-hydrogen) atoms. The van der Waals surface area contributed by atoms with Gasteiger partial charge in [-0.15, -0.1) is 0 Å². The molecule has 2 atom stereocenters. The molecule has 3 saturated heterocycles. The van der Waals surface area contributed by atoms with Crippen LogP contribution in [0.15, 0.2) is 77.5 Å². The van der Waals surface area contributed by atoms with Gasteiger partial charge in [-0.05, 0) is 73.7 Å². The highest BCUT2D eigenvalue weighted by Crippen LogP contribution is 2.34. The highest BCUT2D eigenvalue weighted by Gasteiger charge is 2.42. The Morgan fingerprint density at radius 1 is 1.06 bits per heavy atom. The molecule has 3 aliphatic rings. The second-order valence-corrected chi connectivity index (χ2v) is 9.60. The van der Waals surface area contributed by atoms with Gasteiger partial charge in [-0.3, -0.25) is 9.88 Å². The summed E-state index contributed by atoms with van der Waals surface area (Å²) in [7, 11) is 0. The van der Waals surface area contributed by atoms with Crippen LogP contribution in [0.1, 0.15) is 18.4 Å². The van der Waals surface area contributed by atoms with Gasteiger partial charge >= 0.3 is 6.03 Å². The molecule has 2 amide bonds. The Morgan fingerprint density at radius 3 is 2.69 bits per heavy atom. The van der Waals surface area contributed by atoms with Gasteiger partial charge in [-0.25, -0.2) is 4.79 Å². The fraction of sp³-hybridized carbons (Fsp3) is 0.308. The average Bonchev–Trinajstić information content (AvgIpc) is 2.82. The highest BCUT2D eigenvalue weighted by molar-refractivity contribution is 9.10. The largest absolute Gasteiger partial charge is 0.333 e. The summed E-state index contributed by atoms with van der Waals surface area (Å²) in [6.45, 7) is 2.22. The molecule has 164 valence electrons.